The molecule has 2 heterocycles. The summed E-state index contributed by atoms with van der Waals surface area (Å²) >= 11 is 7.51. The van der Waals surface area contributed by atoms with Crippen molar-refractivity contribution in [3.05, 3.63) is 87.9 Å². The number of benzene rings is 3. The van der Waals surface area contributed by atoms with Crippen LogP contribution in [0.3, 0.4) is 0 Å². The van der Waals surface area contributed by atoms with E-state index in [-0.39, 0.29) is 39.6 Å². The average molecular weight is 682 g/mol. The number of alkyl halides is 3. The van der Waals surface area contributed by atoms with Crippen LogP contribution >= 0.6 is 22.9 Å². The third-order valence-electron chi connectivity index (χ3n) is 6.52. The van der Waals surface area contributed by atoms with Gasteiger partial charge in [-0.25, -0.2) is 17.9 Å². The topological polar surface area (TPSA) is 139 Å². The summed E-state index contributed by atoms with van der Waals surface area (Å²) in [5.74, 6) is -1.16. The first kappa shape index (κ1) is 32.0. The van der Waals surface area contributed by atoms with Gasteiger partial charge in [0.25, 0.3) is 0 Å². The molecule has 0 radical (unpaired) electrons. The van der Waals surface area contributed by atoms with Crippen molar-refractivity contribution in [3.63, 3.8) is 0 Å². The van der Waals surface area contributed by atoms with Crippen molar-refractivity contribution in [2.45, 2.75) is 17.5 Å². The summed E-state index contributed by atoms with van der Waals surface area (Å²) < 4.78 is 100. The van der Waals surface area contributed by atoms with E-state index in [0.29, 0.717) is 11.3 Å². The quantitative estimate of drug-likeness (QED) is 0.172. The number of nitrogens with zero attached hydrogens (tertiary/aromatic N) is 4. The fourth-order valence-corrected chi connectivity index (χ4v) is 6.51. The number of halogens is 5. The average Bonchev–Trinajstić information content (AvgIpc) is 3.54. The molecule has 0 aliphatic carbocycles. The smallest absolute Gasteiger partial charge is 0.416 e. The zero-order chi connectivity index (χ0) is 32.5. The number of ether oxygens (including phenoxy) is 3. The van der Waals surface area contributed by atoms with Crippen molar-refractivity contribution in [1.29, 1.82) is 0 Å². The van der Waals surface area contributed by atoms with E-state index in [2.05, 4.69) is 20.4 Å². The summed E-state index contributed by atoms with van der Waals surface area (Å²) in [6.45, 7) is 0. The molecule has 0 fully saturated rings. The minimum Gasteiger partial charge on any atom is -0.497 e. The van der Waals surface area contributed by atoms with E-state index in [9.17, 15) is 21.6 Å². The first-order valence-corrected chi connectivity index (χ1v) is 15.3. The van der Waals surface area contributed by atoms with Crippen molar-refractivity contribution in [3.8, 4) is 44.7 Å². The van der Waals surface area contributed by atoms with Gasteiger partial charge in [-0.15, -0.1) is 10.2 Å². The molecule has 5 aromatic rings. The van der Waals surface area contributed by atoms with Crippen molar-refractivity contribution < 1.29 is 40.2 Å². The number of primary sulfonamides is 1. The Morgan fingerprint density at radius 2 is 1.78 bits per heavy atom. The first-order valence-electron chi connectivity index (χ1n) is 12.5. The van der Waals surface area contributed by atoms with Crippen molar-refractivity contribution in [1.82, 2.24) is 20.4 Å². The predicted octanol–water partition coefficient (Wildman–Crippen LogP) is 6.52. The molecular weight excluding hydrogens is 662 g/mol. The molecule has 0 bridgehead atoms. The second-order valence-corrected chi connectivity index (χ2v) is 11.9. The van der Waals surface area contributed by atoms with Gasteiger partial charge in [0, 0.05) is 29.2 Å². The SMILES string of the molecule is COc1ccc(Cc2c(F)c(-c3nncs3)c(S(N)(=O)=O)c(Cl)c2Oc2ccc(C(F)(F)F)cc2-c2ccnnc2)c(OC)c1. The largest absolute Gasteiger partial charge is 0.497 e. The molecule has 0 saturated carbocycles. The van der Waals surface area contributed by atoms with Gasteiger partial charge in [0.05, 0.1) is 37.7 Å². The molecule has 45 heavy (non-hydrogen) atoms. The van der Waals surface area contributed by atoms with Crippen LogP contribution in [-0.4, -0.2) is 43.0 Å². The molecule has 0 spiro atoms. The molecule has 2 N–H and O–H groups in total. The molecule has 5 rings (SSSR count). The Balaban J connectivity index is 1.81. The van der Waals surface area contributed by atoms with E-state index in [4.69, 9.17) is 31.0 Å². The molecule has 0 atom stereocenters. The summed E-state index contributed by atoms with van der Waals surface area (Å²) in [4.78, 5) is -0.849. The normalized spacial score (nSPS) is 11.8. The predicted molar refractivity (Wildman–Crippen MR) is 157 cm³/mol. The highest BCUT2D eigenvalue weighted by molar-refractivity contribution is 7.89. The molecule has 0 saturated heterocycles. The van der Waals surface area contributed by atoms with Gasteiger partial charge in [0.1, 0.15) is 38.5 Å². The summed E-state index contributed by atoms with van der Waals surface area (Å²) in [6, 6.07) is 8.66. The summed E-state index contributed by atoms with van der Waals surface area (Å²) in [5.41, 5.74) is -0.142. The van der Waals surface area contributed by atoms with Crippen molar-refractivity contribution in [2.24, 2.45) is 5.14 Å². The third kappa shape index (κ3) is 6.54. The van der Waals surface area contributed by atoms with Crippen molar-refractivity contribution in [2.75, 3.05) is 14.2 Å². The zero-order valence-electron chi connectivity index (χ0n) is 23.1. The molecule has 10 nitrogen and oxygen atoms in total. The number of aromatic nitrogens is 4. The van der Waals surface area contributed by atoms with Crippen LogP contribution in [0.5, 0.6) is 23.0 Å². The monoisotopic (exact) mass is 681 g/mol. The molecule has 0 aliphatic rings. The lowest BCUT2D eigenvalue weighted by Crippen LogP contribution is -2.17. The van der Waals surface area contributed by atoms with Crippen LogP contribution in [0.2, 0.25) is 5.02 Å². The van der Waals surface area contributed by atoms with Crippen molar-refractivity contribution >= 4 is 33.0 Å². The summed E-state index contributed by atoms with van der Waals surface area (Å²) in [5, 5.41) is 19.6. The van der Waals surface area contributed by atoms with Gasteiger partial charge in [0.15, 0.2) is 10.8 Å². The maximum Gasteiger partial charge on any atom is 0.416 e. The minimum atomic E-state index is -4.75. The van der Waals surface area contributed by atoms with Gasteiger partial charge in [-0.3, -0.25) is 0 Å². The molecule has 17 heteroatoms. The van der Waals surface area contributed by atoms with Crippen LogP contribution in [0.15, 0.2) is 65.3 Å². The Morgan fingerprint density at radius 3 is 2.38 bits per heavy atom. The Kier molecular flexibility index (Phi) is 8.93. The Morgan fingerprint density at radius 1 is 1.00 bits per heavy atom. The molecular formula is C28H20ClF4N5O5S2. The lowest BCUT2D eigenvalue weighted by molar-refractivity contribution is -0.137. The maximum absolute atomic E-state index is 16.7. The summed E-state index contributed by atoms with van der Waals surface area (Å²) in [6.07, 6.45) is -2.57. The van der Waals surface area contributed by atoms with Crippen LogP contribution in [0.25, 0.3) is 21.7 Å². The van der Waals surface area contributed by atoms with Gasteiger partial charge < -0.3 is 14.2 Å². The van der Waals surface area contributed by atoms with E-state index >= 15 is 4.39 Å². The molecule has 0 unspecified atom stereocenters. The van der Waals surface area contributed by atoms with E-state index in [1.165, 1.54) is 38.2 Å². The standard InChI is InChI=1S/C28H20ClF4N5O5S2/c1-41-17-5-3-14(21(11-17)42-2)9-19-24(30)22(27-38-37-13-44-27)26(45(34,39)40)23(29)25(19)43-20-6-4-16(28(31,32)33)10-18(20)15-7-8-35-36-12-15/h3-8,10-13H,9H2,1-2H3,(H2,34,39,40). The number of hydrogen-bond acceptors (Lipinski definition) is 10. The van der Waals surface area contributed by atoms with E-state index in [1.807, 2.05) is 0 Å². The Hall–Kier alpha value is -4.38. The van der Waals surface area contributed by atoms with Crippen LogP contribution < -0.4 is 19.3 Å². The van der Waals surface area contributed by atoms with Gasteiger partial charge >= 0.3 is 6.18 Å². The number of methoxy groups -OCH3 is 2. The van der Waals surface area contributed by atoms with Gasteiger partial charge in [-0.2, -0.15) is 23.4 Å². The Bertz CT molecular complexity index is 1980. The summed E-state index contributed by atoms with van der Waals surface area (Å²) in [7, 11) is -1.92. The molecule has 234 valence electrons. The van der Waals surface area contributed by atoms with Crippen LogP contribution in [0, 0.1) is 5.82 Å². The van der Waals surface area contributed by atoms with Crippen LogP contribution in [0.4, 0.5) is 17.6 Å². The lowest BCUT2D eigenvalue weighted by Gasteiger charge is -2.21. The second kappa shape index (κ2) is 12.5. The highest BCUT2D eigenvalue weighted by atomic mass is 35.5. The molecule has 0 amide bonds. The van der Waals surface area contributed by atoms with Crippen LogP contribution in [0.1, 0.15) is 16.7 Å². The second-order valence-electron chi connectivity index (χ2n) is 9.23. The molecule has 2 aromatic heterocycles. The van der Waals surface area contributed by atoms with Gasteiger partial charge in [-0.05, 0) is 35.9 Å². The van der Waals surface area contributed by atoms with Gasteiger partial charge in [-0.1, -0.05) is 29.0 Å². The van der Waals surface area contributed by atoms with Crippen LogP contribution in [-0.2, 0) is 22.6 Å². The molecule has 3 aromatic carbocycles. The highest BCUT2D eigenvalue weighted by Gasteiger charge is 2.35. The zero-order valence-corrected chi connectivity index (χ0v) is 25.5. The van der Waals surface area contributed by atoms with E-state index in [1.54, 1.807) is 18.2 Å². The fraction of sp³-hybridized carbons (Fsp3) is 0.143. The number of nitrogens with two attached hydrogens (primary N) is 1. The fourth-order valence-electron chi connectivity index (χ4n) is 4.47. The minimum absolute atomic E-state index is 0.116. The number of rotatable bonds is 9. The lowest BCUT2D eigenvalue weighted by atomic mass is 9.99. The number of hydrogen-bond donors (Lipinski definition) is 1. The first-order chi connectivity index (χ1) is 21.3. The maximum atomic E-state index is 16.7. The number of sulfonamides is 1. The van der Waals surface area contributed by atoms with E-state index in [0.717, 1.165) is 29.5 Å². The Labute approximate surface area is 262 Å². The highest BCUT2D eigenvalue weighted by Crippen LogP contribution is 2.48. The van der Waals surface area contributed by atoms with E-state index < -0.39 is 48.8 Å². The van der Waals surface area contributed by atoms with Gasteiger partial charge in [0.2, 0.25) is 10.0 Å². The molecule has 0 aliphatic heterocycles. The third-order valence-corrected chi connectivity index (χ3v) is 8.68.